The van der Waals surface area contributed by atoms with Gasteiger partial charge in [-0.25, -0.2) is 4.79 Å². The Hall–Kier alpha value is 0.116. The smallest absolute Gasteiger partial charge is 0.612 e. The third kappa shape index (κ3) is 4.22. The molecule has 0 aromatic heterocycles. The molecule has 0 amide bonds. The number of carbonyl (C=O) groups excluding carboxylic acids is 1. The zero-order valence-corrected chi connectivity index (χ0v) is 10.4. The van der Waals surface area contributed by atoms with E-state index in [2.05, 4.69) is 11.3 Å². The van der Waals surface area contributed by atoms with E-state index in [9.17, 15) is 15.2 Å². The first-order chi connectivity index (χ1) is 5.00. The second-order valence-electron chi connectivity index (χ2n) is 1.88. The predicted octanol–water partition coefficient (Wildman–Crippen LogP) is -2.81. The fourth-order valence-corrected chi connectivity index (χ4v) is 0.501. The van der Waals surface area contributed by atoms with Crippen molar-refractivity contribution in [2.75, 3.05) is 7.11 Å². The van der Waals surface area contributed by atoms with Crippen LogP contribution >= 0.6 is 0 Å². The first-order valence-corrected chi connectivity index (χ1v) is 2.76. The maximum Gasteiger partial charge on any atom is 1.00 e. The first-order valence-electron chi connectivity index (χ1n) is 2.76. The second kappa shape index (κ2) is 6.61. The third-order valence-corrected chi connectivity index (χ3v) is 0.966. The molecule has 0 atom stereocenters. The number of hydrogen-bond donors (Lipinski definition) is 0. The second-order valence-corrected chi connectivity index (χ2v) is 1.88. The molecule has 0 unspecified atom stereocenters. The largest absolute Gasteiger partial charge is 1.00 e. The summed E-state index contributed by atoms with van der Waals surface area (Å²) in [7, 11) is 1.08. The fourth-order valence-electron chi connectivity index (χ4n) is 0.501. The molecule has 0 saturated carbocycles. The van der Waals surface area contributed by atoms with Gasteiger partial charge in [-0.05, 0) is 6.92 Å². The predicted molar refractivity (Wildman–Crippen MR) is 38.8 cm³/mol. The van der Waals surface area contributed by atoms with Gasteiger partial charge in [0.15, 0.2) is 0 Å². The molecule has 0 bridgehead atoms. The molecule has 0 fully saturated rings. The molecule has 62 valence electrons. The average Bonchev–Trinajstić information content (AvgIpc) is 1.85. The zero-order valence-electron chi connectivity index (χ0n) is 7.29. The van der Waals surface area contributed by atoms with Crippen LogP contribution in [0.5, 0.6) is 0 Å². The van der Waals surface area contributed by atoms with Crippen LogP contribution in [0.3, 0.4) is 0 Å². The number of nitrogens with zero attached hydrogens (tertiary/aromatic N) is 1. The van der Waals surface area contributed by atoms with E-state index in [1.165, 1.54) is 6.92 Å². The van der Waals surface area contributed by atoms with Crippen LogP contribution in [0, 0.1) is 10.4 Å². The molecule has 6 heteroatoms. The summed E-state index contributed by atoms with van der Waals surface area (Å²) >= 11 is 0. The summed E-state index contributed by atoms with van der Waals surface area (Å²) in [6.07, 6.45) is 0. The molecule has 0 aromatic carbocycles. The van der Waals surface area contributed by atoms with Crippen molar-refractivity contribution in [3.8, 4) is 0 Å². The molecule has 0 N–H and O–H groups in total. The van der Waals surface area contributed by atoms with E-state index in [1.807, 2.05) is 0 Å². The van der Waals surface area contributed by atoms with Crippen molar-refractivity contribution in [3.05, 3.63) is 22.6 Å². The summed E-state index contributed by atoms with van der Waals surface area (Å²) in [5, 5.41) is 20.3. The van der Waals surface area contributed by atoms with Crippen molar-refractivity contribution in [1.82, 2.24) is 0 Å². The average molecular weight is 197 g/mol. The molecule has 0 aliphatic carbocycles. The van der Waals surface area contributed by atoms with Crippen LogP contribution in [0.4, 0.5) is 0 Å². The number of rotatable bonds is 2. The minimum atomic E-state index is -0.970. The Morgan fingerprint density at radius 2 is 1.92 bits per heavy atom. The van der Waals surface area contributed by atoms with Crippen molar-refractivity contribution < 1.29 is 65.8 Å². The van der Waals surface area contributed by atoms with Crippen LogP contribution in [0.2, 0.25) is 0 Å². The van der Waals surface area contributed by atoms with E-state index in [-0.39, 0.29) is 57.0 Å². The van der Waals surface area contributed by atoms with E-state index in [0.29, 0.717) is 0 Å². The molecule has 5 nitrogen and oxygen atoms in total. The fraction of sp³-hybridized carbons (Fsp3) is 0.333. The maximum atomic E-state index is 10.6. The quantitative estimate of drug-likeness (QED) is 0.157. The number of methoxy groups -OCH3 is 1. The number of carbonyl (C=O) groups is 1. The van der Waals surface area contributed by atoms with Gasteiger partial charge in [0.25, 0.3) is 0 Å². The van der Waals surface area contributed by atoms with E-state index >= 15 is 0 Å². The topological polar surface area (TPSA) is 75.4 Å². The Bertz CT molecular complexity index is 220. The van der Waals surface area contributed by atoms with Crippen LogP contribution in [-0.4, -0.2) is 23.7 Å². The van der Waals surface area contributed by atoms with Gasteiger partial charge in [-0.2, -0.15) is 4.90 Å². The minimum absolute atomic E-state index is 0. The maximum absolute atomic E-state index is 10.6. The van der Waals surface area contributed by atoms with Crippen LogP contribution in [0.15, 0.2) is 12.2 Å². The van der Waals surface area contributed by atoms with Gasteiger partial charge in [-0.3, -0.25) is 0 Å². The van der Waals surface area contributed by atoms with E-state index in [1.54, 1.807) is 0 Å². The standard InChI is InChI=1S/C6H8NO4.K/c1-4(2)5(7(9)10)6(8)11-3;/h1H2,2-3H3;/q-1;+1. The molecule has 0 radical (unpaired) electrons. The zero-order chi connectivity index (χ0) is 9.02. The Kier molecular flexibility index (Phi) is 8.06. The van der Waals surface area contributed by atoms with E-state index < -0.39 is 16.6 Å². The van der Waals surface area contributed by atoms with E-state index in [0.717, 1.165) is 7.11 Å². The van der Waals surface area contributed by atoms with Crippen LogP contribution in [0.1, 0.15) is 6.92 Å². The van der Waals surface area contributed by atoms with Crippen molar-refractivity contribution in [2.24, 2.45) is 0 Å². The molecular weight excluding hydrogens is 189 g/mol. The SMILES string of the molecule is C=C(C)C(C(=O)OC)=[N+]([O-])[O-].[K+]. The molecular formula is C6H8KNO4. The molecule has 0 spiro atoms. The van der Waals surface area contributed by atoms with Gasteiger partial charge in [-0.1, -0.05) is 6.58 Å². The van der Waals surface area contributed by atoms with Gasteiger partial charge in [0.05, 0.1) is 7.11 Å². The summed E-state index contributed by atoms with van der Waals surface area (Å²) in [5.41, 5.74) is -0.519. The Morgan fingerprint density at radius 1 is 1.50 bits per heavy atom. The van der Waals surface area contributed by atoms with Gasteiger partial charge in [0.1, 0.15) is 0 Å². The van der Waals surface area contributed by atoms with Gasteiger partial charge >= 0.3 is 63.1 Å². The Labute approximate surface area is 113 Å². The summed E-state index contributed by atoms with van der Waals surface area (Å²) in [4.78, 5) is 9.82. The number of ether oxygens (including phenoxy) is 1. The number of esters is 1. The summed E-state index contributed by atoms with van der Waals surface area (Å²) < 4.78 is 4.16. The normalized spacial score (nSPS) is 7.83. The van der Waals surface area contributed by atoms with Crippen LogP contribution in [-0.2, 0) is 9.53 Å². The molecule has 0 aliphatic heterocycles. The molecule has 0 heterocycles. The first kappa shape index (κ1) is 14.6. The molecule has 12 heavy (non-hydrogen) atoms. The molecule has 0 saturated heterocycles. The summed E-state index contributed by atoms with van der Waals surface area (Å²) in [5.74, 6) is -0.970. The summed E-state index contributed by atoms with van der Waals surface area (Å²) in [6, 6.07) is 0. The van der Waals surface area contributed by atoms with Gasteiger partial charge < -0.3 is 15.2 Å². The molecule has 0 rings (SSSR count). The Balaban J connectivity index is 0. The third-order valence-electron chi connectivity index (χ3n) is 0.966. The molecule has 0 aliphatic rings. The van der Waals surface area contributed by atoms with Crippen molar-refractivity contribution >= 4 is 11.7 Å². The van der Waals surface area contributed by atoms with Crippen molar-refractivity contribution in [3.63, 3.8) is 0 Å². The Morgan fingerprint density at radius 3 is 2.00 bits per heavy atom. The molecule has 0 aromatic rings. The minimum Gasteiger partial charge on any atom is -0.612 e. The monoisotopic (exact) mass is 197 g/mol. The van der Waals surface area contributed by atoms with Crippen LogP contribution < -0.4 is 51.4 Å². The summed E-state index contributed by atoms with van der Waals surface area (Å²) in [6.45, 7) is 4.64. The number of hydrogen-bond acceptors (Lipinski definition) is 4. The van der Waals surface area contributed by atoms with E-state index in [4.69, 9.17) is 0 Å². The van der Waals surface area contributed by atoms with Crippen LogP contribution in [0.25, 0.3) is 0 Å². The van der Waals surface area contributed by atoms with Gasteiger partial charge in [0, 0.05) is 5.57 Å². The van der Waals surface area contributed by atoms with Gasteiger partial charge in [-0.15, -0.1) is 0 Å². The van der Waals surface area contributed by atoms with Gasteiger partial charge in [0.2, 0.25) is 0 Å². The van der Waals surface area contributed by atoms with Crippen molar-refractivity contribution in [2.45, 2.75) is 6.92 Å². The van der Waals surface area contributed by atoms with Crippen molar-refractivity contribution in [1.29, 1.82) is 0 Å².